The number of carbonyl (C=O) groups is 2. The number of thioether (sulfide) groups is 1. The Morgan fingerprint density at radius 2 is 1.96 bits per heavy atom. The van der Waals surface area contributed by atoms with Crippen LogP contribution in [-0.4, -0.2) is 31.9 Å². The van der Waals surface area contributed by atoms with Gasteiger partial charge in [-0.05, 0) is 49.1 Å². The SMILES string of the molecule is CCOC(=O)Cc1cccc(Oc2ccc(Br)cc2C(SC)C(=O)OC)c1. The van der Waals surface area contributed by atoms with Crippen LogP contribution in [0.1, 0.15) is 23.3 Å². The minimum Gasteiger partial charge on any atom is -0.468 e. The molecular formula is C20H21BrO5S. The van der Waals surface area contributed by atoms with Gasteiger partial charge in [-0.15, -0.1) is 11.8 Å². The molecule has 0 amide bonds. The quantitative estimate of drug-likeness (QED) is 0.529. The summed E-state index contributed by atoms with van der Waals surface area (Å²) in [7, 11) is 1.36. The van der Waals surface area contributed by atoms with E-state index >= 15 is 0 Å². The predicted octanol–water partition coefficient (Wildman–Crippen LogP) is 4.92. The number of rotatable bonds is 8. The maximum atomic E-state index is 12.1. The number of halogens is 1. The average molecular weight is 453 g/mol. The zero-order valence-corrected chi connectivity index (χ0v) is 17.8. The Kier molecular flexibility index (Phi) is 8.19. The standard InChI is InChI=1S/C20H21BrO5S/c1-4-25-18(22)11-13-6-5-7-15(10-13)26-17-9-8-14(21)12-16(17)19(27-3)20(23)24-2/h5-10,12,19H,4,11H2,1-3H3. The minimum atomic E-state index is -0.509. The lowest BCUT2D eigenvalue weighted by Gasteiger charge is -2.17. The molecule has 144 valence electrons. The Bertz CT molecular complexity index is 809. The minimum absolute atomic E-state index is 0.174. The zero-order valence-electron chi connectivity index (χ0n) is 15.4. The largest absolute Gasteiger partial charge is 0.468 e. The molecule has 7 heteroatoms. The highest BCUT2D eigenvalue weighted by molar-refractivity contribution is 9.10. The van der Waals surface area contributed by atoms with Crippen molar-refractivity contribution in [2.24, 2.45) is 0 Å². The van der Waals surface area contributed by atoms with E-state index in [1.165, 1.54) is 18.9 Å². The fourth-order valence-corrected chi connectivity index (χ4v) is 3.60. The van der Waals surface area contributed by atoms with Crippen LogP contribution in [0.15, 0.2) is 46.9 Å². The van der Waals surface area contributed by atoms with E-state index < -0.39 is 5.25 Å². The fraction of sp³-hybridized carbons (Fsp3) is 0.300. The molecule has 1 atom stereocenters. The Labute approximate surface area is 171 Å². The summed E-state index contributed by atoms with van der Waals surface area (Å²) in [6.07, 6.45) is 2.01. The van der Waals surface area contributed by atoms with Crippen molar-refractivity contribution in [3.05, 3.63) is 58.1 Å². The smallest absolute Gasteiger partial charge is 0.323 e. The van der Waals surface area contributed by atoms with Crippen molar-refractivity contribution in [2.75, 3.05) is 20.0 Å². The Morgan fingerprint density at radius 1 is 1.19 bits per heavy atom. The maximum absolute atomic E-state index is 12.1. The van der Waals surface area contributed by atoms with E-state index in [0.717, 1.165) is 10.0 Å². The van der Waals surface area contributed by atoms with Crippen LogP contribution < -0.4 is 4.74 Å². The lowest BCUT2D eigenvalue weighted by atomic mass is 10.1. The van der Waals surface area contributed by atoms with Gasteiger partial charge in [0, 0.05) is 10.0 Å². The van der Waals surface area contributed by atoms with Gasteiger partial charge in [-0.1, -0.05) is 28.1 Å². The molecule has 0 aromatic heterocycles. The van der Waals surface area contributed by atoms with Crippen molar-refractivity contribution in [1.82, 2.24) is 0 Å². The van der Waals surface area contributed by atoms with Gasteiger partial charge in [0.2, 0.25) is 0 Å². The lowest BCUT2D eigenvalue weighted by molar-refractivity contribution is -0.142. The summed E-state index contributed by atoms with van der Waals surface area (Å²) >= 11 is 4.81. The van der Waals surface area contributed by atoms with Crippen molar-refractivity contribution < 1.29 is 23.8 Å². The van der Waals surface area contributed by atoms with Crippen LogP contribution >= 0.6 is 27.7 Å². The van der Waals surface area contributed by atoms with E-state index in [4.69, 9.17) is 14.2 Å². The van der Waals surface area contributed by atoms with Gasteiger partial charge >= 0.3 is 11.9 Å². The number of benzene rings is 2. The molecule has 5 nitrogen and oxygen atoms in total. The van der Waals surface area contributed by atoms with Gasteiger partial charge in [0.25, 0.3) is 0 Å². The van der Waals surface area contributed by atoms with Crippen molar-refractivity contribution >= 4 is 39.6 Å². The van der Waals surface area contributed by atoms with Crippen LogP contribution in [0.2, 0.25) is 0 Å². The van der Waals surface area contributed by atoms with E-state index in [9.17, 15) is 9.59 Å². The zero-order chi connectivity index (χ0) is 19.8. The first kappa shape index (κ1) is 21.3. The molecule has 0 spiro atoms. The van der Waals surface area contributed by atoms with Gasteiger partial charge in [-0.25, -0.2) is 0 Å². The topological polar surface area (TPSA) is 61.8 Å². The van der Waals surface area contributed by atoms with Crippen LogP contribution in [0.4, 0.5) is 0 Å². The number of methoxy groups -OCH3 is 1. The third-order valence-corrected chi connectivity index (χ3v) is 5.10. The van der Waals surface area contributed by atoms with Crippen LogP contribution in [0, 0.1) is 0 Å². The van der Waals surface area contributed by atoms with E-state index in [0.29, 0.717) is 23.7 Å². The normalized spacial score (nSPS) is 11.6. The summed E-state index contributed by atoms with van der Waals surface area (Å²) in [6, 6.07) is 12.7. The van der Waals surface area contributed by atoms with Gasteiger partial charge in [0.1, 0.15) is 16.7 Å². The predicted molar refractivity (Wildman–Crippen MR) is 109 cm³/mol. The molecule has 27 heavy (non-hydrogen) atoms. The van der Waals surface area contributed by atoms with Crippen LogP contribution in [0.25, 0.3) is 0 Å². The van der Waals surface area contributed by atoms with Crippen molar-refractivity contribution in [2.45, 2.75) is 18.6 Å². The molecule has 0 bridgehead atoms. The highest BCUT2D eigenvalue weighted by Crippen LogP contribution is 2.38. The van der Waals surface area contributed by atoms with E-state index in [1.54, 1.807) is 25.1 Å². The van der Waals surface area contributed by atoms with E-state index in [-0.39, 0.29) is 18.4 Å². The van der Waals surface area contributed by atoms with Crippen LogP contribution in [0.5, 0.6) is 11.5 Å². The van der Waals surface area contributed by atoms with Gasteiger partial charge in [0.05, 0.1) is 20.1 Å². The number of hydrogen-bond acceptors (Lipinski definition) is 6. The monoisotopic (exact) mass is 452 g/mol. The summed E-state index contributed by atoms with van der Waals surface area (Å²) < 4.78 is 16.8. The first-order valence-corrected chi connectivity index (χ1v) is 10.4. The maximum Gasteiger partial charge on any atom is 0.323 e. The molecule has 1 unspecified atom stereocenters. The summed E-state index contributed by atoms with van der Waals surface area (Å²) in [4.78, 5) is 23.8. The van der Waals surface area contributed by atoms with E-state index in [1.807, 2.05) is 30.5 Å². The molecule has 0 heterocycles. The Hall–Kier alpha value is -1.99. The fourth-order valence-electron chi connectivity index (χ4n) is 2.50. The van der Waals surface area contributed by atoms with Gasteiger partial charge in [-0.2, -0.15) is 0 Å². The Morgan fingerprint density at radius 3 is 2.63 bits per heavy atom. The molecule has 2 aromatic carbocycles. The van der Waals surface area contributed by atoms with Gasteiger partial charge in [0.15, 0.2) is 0 Å². The third-order valence-electron chi connectivity index (χ3n) is 3.69. The molecule has 0 fully saturated rings. The Balaban J connectivity index is 2.29. The van der Waals surface area contributed by atoms with Crippen molar-refractivity contribution in [3.8, 4) is 11.5 Å². The molecule has 0 aliphatic rings. The molecular weight excluding hydrogens is 432 g/mol. The first-order chi connectivity index (χ1) is 13.0. The van der Waals surface area contributed by atoms with Crippen LogP contribution in [0.3, 0.4) is 0 Å². The highest BCUT2D eigenvalue weighted by Gasteiger charge is 2.24. The number of ether oxygens (including phenoxy) is 3. The first-order valence-electron chi connectivity index (χ1n) is 8.31. The van der Waals surface area contributed by atoms with Gasteiger partial charge < -0.3 is 14.2 Å². The molecule has 2 rings (SSSR count). The number of esters is 2. The second kappa shape index (κ2) is 10.4. The second-order valence-electron chi connectivity index (χ2n) is 5.55. The lowest BCUT2D eigenvalue weighted by Crippen LogP contribution is -2.12. The molecule has 0 saturated carbocycles. The third kappa shape index (κ3) is 6.01. The molecule has 0 radical (unpaired) electrons. The van der Waals surface area contributed by atoms with Crippen molar-refractivity contribution in [1.29, 1.82) is 0 Å². The van der Waals surface area contributed by atoms with E-state index in [2.05, 4.69) is 15.9 Å². The average Bonchev–Trinajstić information content (AvgIpc) is 2.64. The van der Waals surface area contributed by atoms with Gasteiger partial charge in [-0.3, -0.25) is 9.59 Å². The van der Waals surface area contributed by atoms with Crippen LogP contribution in [-0.2, 0) is 25.5 Å². The highest BCUT2D eigenvalue weighted by atomic mass is 79.9. The summed E-state index contributed by atoms with van der Waals surface area (Å²) in [5, 5.41) is -0.509. The number of carbonyl (C=O) groups excluding carboxylic acids is 2. The number of hydrogen-bond donors (Lipinski definition) is 0. The molecule has 0 N–H and O–H groups in total. The summed E-state index contributed by atoms with van der Waals surface area (Å²) in [6.45, 7) is 2.12. The molecule has 2 aromatic rings. The van der Waals surface area contributed by atoms with Crippen molar-refractivity contribution in [3.63, 3.8) is 0 Å². The molecule has 0 saturated heterocycles. The molecule has 0 aliphatic carbocycles. The summed E-state index contributed by atoms with van der Waals surface area (Å²) in [5.41, 5.74) is 1.50. The second-order valence-corrected chi connectivity index (χ2v) is 7.41. The summed E-state index contributed by atoms with van der Waals surface area (Å²) in [5.74, 6) is 0.495. The molecule has 0 aliphatic heterocycles.